The fraction of sp³-hybridized carbons (Fsp3) is 0.353. The topological polar surface area (TPSA) is 59.5 Å². The summed E-state index contributed by atoms with van der Waals surface area (Å²) in [5.41, 5.74) is 1.05. The molecule has 23 heavy (non-hydrogen) atoms. The van der Waals surface area contributed by atoms with E-state index in [1.807, 2.05) is 31.2 Å². The van der Waals surface area contributed by atoms with Gasteiger partial charge in [-0.3, -0.25) is 4.98 Å². The van der Waals surface area contributed by atoms with Crippen LogP contribution in [-0.4, -0.2) is 36.9 Å². The summed E-state index contributed by atoms with van der Waals surface area (Å²) >= 11 is 0. The molecule has 1 aliphatic heterocycles. The first kappa shape index (κ1) is 16.0. The Bertz CT molecular complexity index is 737. The molecule has 0 bridgehead atoms. The molecule has 1 saturated heterocycles. The Morgan fingerprint density at radius 1 is 1.13 bits per heavy atom. The number of hydrogen-bond donors (Lipinski definition) is 0. The number of nitrogens with zero attached hydrogens (tertiary/aromatic N) is 2. The summed E-state index contributed by atoms with van der Waals surface area (Å²) in [7, 11) is -3.41. The Hall–Kier alpha value is -1.92. The van der Waals surface area contributed by atoms with Crippen LogP contribution >= 0.6 is 0 Å². The number of pyridine rings is 1. The van der Waals surface area contributed by atoms with Crippen molar-refractivity contribution in [2.24, 2.45) is 0 Å². The molecule has 0 atom stereocenters. The van der Waals surface area contributed by atoms with Gasteiger partial charge in [-0.15, -0.1) is 0 Å². The molecule has 3 rings (SSSR count). The van der Waals surface area contributed by atoms with Crippen LogP contribution in [0.25, 0.3) is 0 Å². The quantitative estimate of drug-likeness (QED) is 0.863. The second kappa shape index (κ2) is 6.68. The van der Waals surface area contributed by atoms with Crippen molar-refractivity contribution in [1.29, 1.82) is 0 Å². The molecule has 0 saturated carbocycles. The Balaban J connectivity index is 1.63. The Morgan fingerprint density at radius 2 is 1.83 bits per heavy atom. The van der Waals surface area contributed by atoms with Gasteiger partial charge in [-0.2, -0.15) is 4.31 Å². The van der Waals surface area contributed by atoms with E-state index in [2.05, 4.69) is 4.98 Å². The average molecular weight is 332 g/mol. The lowest BCUT2D eigenvalue weighted by Gasteiger charge is -2.31. The third kappa shape index (κ3) is 3.71. The standard InChI is InChI=1S/C17H20N2O3S/c1-14-4-6-17(7-5-14)23(20,21)19-11-8-15(9-12-19)22-16-3-2-10-18-13-16/h2-7,10,13,15H,8-9,11-12H2,1H3. The summed E-state index contributed by atoms with van der Waals surface area (Å²) in [5, 5.41) is 0. The number of aromatic nitrogens is 1. The van der Waals surface area contributed by atoms with Gasteiger partial charge < -0.3 is 4.74 Å². The van der Waals surface area contributed by atoms with Crippen LogP contribution in [0.1, 0.15) is 18.4 Å². The van der Waals surface area contributed by atoms with E-state index in [1.165, 1.54) is 0 Å². The summed E-state index contributed by atoms with van der Waals surface area (Å²) in [6, 6.07) is 10.7. The molecule has 1 aliphatic rings. The number of hydrogen-bond acceptors (Lipinski definition) is 4. The van der Waals surface area contributed by atoms with Gasteiger partial charge in [0.1, 0.15) is 11.9 Å². The van der Waals surface area contributed by atoms with Crippen LogP contribution in [0, 0.1) is 6.92 Å². The molecule has 0 aliphatic carbocycles. The summed E-state index contributed by atoms with van der Waals surface area (Å²) < 4.78 is 32.7. The van der Waals surface area contributed by atoms with Crippen LogP contribution in [-0.2, 0) is 10.0 Å². The minimum Gasteiger partial charge on any atom is -0.489 e. The van der Waals surface area contributed by atoms with Gasteiger partial charge in [-0.05, 0) is 44.0 Å². The van der Waals surface area contributed by atoms with Gasteiger partial charge in [0.2, 0.25) is 10.0 Å². The first-order valence-corrected chi connectivity index (χ1v) is 9.13. The van der Waals surface area contributed by atoms with Gasteiger partial charge in [0.05, 0.1) is 11.1 Å². The number of ether oxygens (including phenoxy) is 1. The highest BCUT2D eigenvalue weighted by atomic mass is 32.2. The largest absolute Gasteiger partial charge is 0.489 e. The van der Waals surface area contributed by atoms with E-state index in [0.717, 1.165) is 11.3 Å². The highest BCUT2D eigenvalue weighted by Crippen LogP contribution is 2.23. The van der Waals surface area contributed by atoms with E-state index in [9.17, 15) is 8.42 Å². The molecule has 1 aromatic heterocycles. The molecule has 2 heterocycles. The molecule has 0 spiro atoms. The predicted octanol–water partition coefficient (Wildman–Crippen LogP) is 2.62. The van der Waals surface area contributed by atoms with Gasteiger partial charge >= 0.3 is 0 Å². The van der Waals surface area contributed by atoms with Crippen molar-refractivity contribution >= 4 is 10.0 Å². The number of aryl methyl sites for hydroxylation is 1. The Kier molecular flexibility index (Phi) is 4.63. The molecular weight excluding hydrogens is 312 g/mol. The predicted molar refractivity (Wildman–Crippen MR) is 87.8 cm³/mol. The first-order valence-electron chi connectivity index (χ1n) is 7.69. The lowest BCUT2D eigenvalue weighted by Crippen LogP contribution is -2.41. The van der Waals surface area contributed by atoms with E-state index < -0.39 is 10.0 Å². The van der Waals surface area contributed by atoms with Crippen LogP contribution in [0.4, 0.5) is 0 Å². The van der Waals surface area contributed by atoms with Crippen molar-refractivity contribution in [2.75, 3.05) is 13.1 Å². The lowest BCUT2D eigenvalue weighted by atomic mass is 10.1. The Morgan fingerprint density at radius 3 is 2.43 bits per heavy atom. The highest BCUT2D eigenvalue weighted by Gasteiger charge is 2.30. The van der Waals surface area contributed by atoms with Crippen molar-refractivity contribution in [1.82, 2.24) is 9.29 Å². The molecule has 0 N–H and O–H groups in total. The molecule has 6 heteroatoms. The van der Waals surface area contributed by atoms with Crippen molar-refractivity contribution < 1.29 is 13.2 Å². The molecule has 122 valence electrons. The highest BCUT2D eigenvalue weighted by molar-refractivity contribution is 7.89. The normalized spacial score (nSPS) is 17.1. The maximum Gasteiger partial charge on any atom is 0.243 e. The van der Waals surface area contributed by atoms with Gasteiger partial charge in [0.25, 0.3) is 0 Å². The monoisotopic (exact) mass is 332 g/mol. The molecule has 0 unspecified atom stereocenters. The van der Waals surface area contributed by atoms with Crippen molar-refractivity contribution in [3.63, 3.8) is 0 Å². The van der Waals surface area contributed by atoms with E-state index in [0.29, 0.717) is 30.8 Å². The second-order valence-electron chi connectivity index (χ2n) is 5.72. The summed E-state index contributed by atoms with van der Waals surface area (Å²) in [6.45, 7) is 2.89. The number of rotatable bonds is 4. The van der Waals surface area contributed by atoms with Crippen molar-refractivity contribution in [2.45, 2.75) is 30.8 Å². The fourth-order valence-electron chi connectivity index (χ4n) is 2.66. The van der Waals surface area contributed by atoms with Crippen LogP contribution in [0.2, 0.25) is 0 Å². The van der Waals surface area contributed by atoms with Crippen LogP contribution < -0.4 is 4.74 Å². The summed E-state index contributed by atoms with van der Waals surface area (Å²) in [6.07, 6.45) is 4.77. The average Bonchev–Trinajstić information content (AvgIpc) is 2.57. The third-order valence-corrected chi connectivity index (χ3v) is 5.91. The zero-order valence-electron chi connectivity index (χ0n) is 13.1. The van der Waals surface area contributed by atoms with E-state index in [-0.39, 0.29) is 6.10 Å². The third-order valence-electron chi connectivity index (χ3n) is 4.00. The second-order valence-corrected chi connectivity index (χ2v) is 7.66. The molecule has 0 amide bonds. The number of piperidine rings is 1. The smallest absolute Gasteiger partial charge is 0.243 e. The molecule has 2 aromatic rings. The van der Waals surface area contributed by atoms with Crippen LogP contribution in [0.3, 0.4) is 0 Å². The minimum atomic E-state index is -3.41. The summed E-state index contributed by atoms with van der Waals surface area (Å²) in [5.74, 6) is 0.729. The van der Waals surface area contributed by atoms with E-state index >= 15 is 0 Å². The maximum absolute atomic E-state index is 12.6. The van der Waals surface area contributed by atoms with Gasteiger partial charge in [-0.25, -0.2) is 8.42 Å². The number of benzene rings is 1. The zero-order valence-corrected chi connectivity index (χ0v) is 13.9. The molecular formula is C17H20N2O3S. The van der Waals surface area contributed by atoms with Gasteiger partial charge in [0, 0.05) is 19.3 Å². The summed E-state index contributed by atoms with van der Waals surface area (Å²) in [4.78, 5) is 4.38. The van der Waals surface area contributed by atoms with Gasteiger partial charge in [0.15, 0.2) is 0 Å². The van der Waals surface area contributed by atoms with Crippen molar-refractivity contribution in [3.8, 4) is 5.75 Å². The van der Waals surface area contributed by atoms with Crippen LogP contribution in [0.5, 0.6) is 5.75 Å². The SMILES string of the molecule is Cc1ccc(S(=O)(=O)N2CCC(Oc3cccnc3)CC2)cc1. The lowest BCUT2D eigenvalue weighted by molar-refractivity contribution is 0.134. The molecule has 1 fully saturated rings. The minimum absolute atomic E-state index is 0.0312. The Labute approximate surface area is 137 Å². The zero-order chi connectivity index (χ0) is 16.3. The maximum atomic E-state index is 12.6. The van der Waals surface area contributed by atoms with Crippen LogP contribution in [0.15, 0.2) is 53.7 Å². The number of sulfonamides is 1. The first-order chi connectivity index (χ1) is 11.1. The molecule has 5 nitrogen and oxygen atoms in total. The van der Waals surface area contributed by atoms with E-state index in [4.69, 9.17) is 4.74 Å². The van der Waals surface area contributed by atoms with Gasteiger partial charge in [-0.1, -0.05) is 17.7 Å². The molecule has 0 radical (unpaired) electrons. The van der Waals surface area contributed by atoms with Crippen molar-refractivity contribution in [3.05, 3.63) is 54.4 Å². The fourth-order valence-corrected chi connectivity index (χ4v) is 4.13. The van der Waals surface area contributed by atoms with E-state index in [1.54, 1.807) is 28.8 Å². The molecule has 1 aromatic carbocycles.